The van der Waals surface area contributed by atoms with Gasteiger partial charge in [-0.1, -0.05) is 18.2 Å². The summed E-state index contributed by atoms with van der Waals surface area (Å²) in [7, 11) is 1.71. The third-order valence-corrected chi connectivity index (χ3v) is 2.88. The van der Waals surface area contributed by atoms with Crippen LogP contribution in [0.1, 0.15) is 5.56 Å². The molecule has 0 aliphatic carbocycles. The minimum absolute atomic E-state index is 0.00189. The van der Waals surface area contributed by atoms with Crippen LogP contribution in [0.4, 0.5) is 5.69 Å². The van der Waals surface area contributed by atoms with Crippen LogP contribution in [0.25, 0.3) is 0 Å². The maximum absolute atomic E-state index is 12.0. The lowest BCUT2D eigenvalue weighted by Crippen LogP contribution is -2.41. The molecule has 0 fully saturated rings. The Bertz CT molecular complexity index is 367. The Morgan fingerprint density at radius 2 is 2.31 bits per heavy atom. The number of fused-ring (bicyclic) bond motifs is 1. The fraction of sp³-hybridized carbons (Fsp3) is 0.417. The number of hydrogen-bond acceptors (Lipinski definition) is 3. The van der Waals surface area contributed by atoms with E-state index in [1.54, 1.807) is 11.9 Å². The average Bonchev–Trinajstić information content (AvgIpc) is 2.71. The first-order chi connectivity index (χ1) is 7.72. The number of likely N-dealkylation sites (N-methyl/N-ethyl adjacent to an activating group) is 1. The number of amides is 1. The molecule has 1 atom stereocenters. The van der Waals surface area contributed by atoms with Crippen molar-refractivity contribution >= 4 is 11.6 Å². The molecule has 0 bridgehead atoms. The summed E-state index contributed by atoms with van der Waals surface area (Å²) in [6.07, 6.45) is 0.727. The van der Waals surface area contributed by atoms with E-state index in [2.05, 4.69) is 5.32 Å². The molecule has 16 heavy (non-hydrogen) atoms. The first-order valence-corrected chi connectivity index (χ1v) is 5.42. The molecule has 1 aliphatic rings. The molecule has 0 radical (unpaired) electrons. The highest BCUT2D eigenvalue weighted by Crippen LogP contribution is 2.25. The molecule has 0 saturated heterocycles. The summed E-state index contributed by atoms with van der Waals surface area (Å²) in [4.78, 5) is 13.5. The van der Waals surface area contributed by atoms with Crippen LogP contribution < -0.4 is 5.32 Å². The van der Waals surface area contributed by atoms with Gasteiger partial charge in [0.05, 0.1) is 6.61 Å². The maximum Gasteiger partial charge on any atom is 0.245 e. The van der Waals surface area contributed by atoms with Crippen molar-refractivity contribution in [1.29, 1.82) is 0 Å². The topological polar surface area (TPSA) is 52.6 Å². The molecule has 0 saturated carbocycles. The largest absolute Gasteiger partial charge is 0.395 e. The summed E-state index contributed by atoms with van der Waals surface area (Å²) < 4.78 is 0. The smallest absolute Gasteiger partial charge is 0.245 e. The lowest BCUT2D eigenvalue weighted by Gasteiger charge is -2.20. The second-order valence-corrected chi connectivity index (χ2v) is 4.04. The van der Waals surface area contributed by atoms with Gasteiger partial charge in [0, 0.05) is 25.7 Å². The number of benzene rings is 1. The minimum Gasteiger partial charge on any atom is -0.395 e. The van der Waals surface area contributed by atoms with Gasteiger partial charge >= 0.3 is 0 Å². The fourth-order valence-electron chi connectivity index (χ4n) is 1.97. The van der Waals surface area contributed by atoms with Crippen LogP contribution in [-0.4, -0.2) is 42.2 Å². The van der Waals surface area contributed by atoms with Gasteiger partial charge in [-0.2, -0.15) is 0 Å². The standard InChI is InChI=1S/C12H16N2O2/c1-14(6-7-15)12(16)11-8-9-4-2-3-5-10(9)13-11/h2-5,11,13,15H,6-8H2,1H3/t11-/m0/s1. The zero-order valence-corrected chi connectivity index (χ0v) is 9.31. The highest BCUT2D eigenvalue weighted by molar-refractivity contribution is 5.87. The number of aliphatic hydroxyl groups is 1. The van der Waals surface area contributed by atoms with Crippen molar-refractivity contribution in [2.24, 2.45) is 0 Å². The molecular formula is C12H16N2O2. The summed E-state index contributed by atoms with van der Waals surface area (Å²) in [5.41, 5.74) is 2.22. The molecule has 0 unspecified atom stereocenters. The summed E-state index contributed by atoms with van der Waals surface area (Å²) in [6.45, 7) is 0.384. The molecule has 2 rings (SSSR count). The van der Waals surface area contributed by atoms with Crippen molar-refractivity contribution in [3.05, 3.63) is 29.8 Å². The molecule has 0 aromatic heterocycles. The molecule has 1 aromatic rings. The maximum atomic E-state index is 12.0. The first kappa shape index (κ1) is 11.0. The van der Waals surface area contributed by atoms with Gasteiger partial charge < -0.3 is 15.3 Å². The number of nitrogens with one attached hydrogen (secondary N) is 1. The van der Waals surface area contributed by atoms with Gasteiger partial charge in [-0.3, -0.25) is 4.79 Å². The highest BCUT2D eigenvalue weighted by Gasteiger charge is 2.28. The number of aliphatic hydroxyl groups excluding tert-OH is 1. The lowest BCUT2D eigenvalue weighted by molar-refractivity contribution is -0.131. The molecule has 4 heteroatoms. The van der Waals surface area contributed by atoms with Gasteiger partial charge in [0.2, 0.25) is 5.91 Å². The van der Waals surface area contributed by atoms with Gasteiger partial charge in [0.25, 0.3) is 0 Å². The van der Waals surface area contributed by atoms with Crippen molar-refractivity contribution < 1.29 is 9.90 Å². The van der Waals surface area contributed by atoms with Crippen molar-refractivity contribution in [2.75, 3.05) is 25.5 Å². The Kier molecular flexibility index (Phi) is 3.10. The zero-order valence-electron chi connectivity index (χ0n) is 9.31. The van der Waals surface area contributed by atoms with E-state index in [4.69, 9.17) is 5.11 Å². The van der Waals surface area contributed by atoms with Gasteiger partial charge in [-0.25, -0.2) is 0 Å². The van der Waals surface area contributed by atoms with Crippen LogP contribution in [0.3, 0.4) is 0 Å². The van der Waals surface area contributed by atoms with Crippen LogP contribution in [0.2, 0.25) is 0 Å². The molecule has 1 aliphatic heterocycles. The third-order valence-electron chi connectivity index (χ3n) is 2.88. The van der Waals surface area contributed by atoms with Crippen LogP contribution in [0.5, 0.6) is 0 Å². The van der Waals surface area contributed by atoms with E-state index in [0.717, 1.165) is 12.1 Å². The van der Waals surface area contributed by atoms with Crippen LogP contribution in [-0.2, 0) is 11.2 Å². The first-order valence-electron chi connectivity index (χ1n) is 5.42. The van der Waals surface area contributed by atoms with Gasteiger partial charge in [0.1, 0.15) is 6.04 Å². The Hall–Kier alpha value is -1.55. The fourth-order valence-corrected chi connectivity index (χ4v) is 1.97. The molecule has 1 amide bonds. The van der Waals surface area contributed by atoms with E-state index in [-0.39, 0.29) is 18.6 Å². The number of hydrogen-bond donors (Lipinski definition) is 2. The van der Waals surface area contributed by atoms with Crippen molar-refractivity contribution in [3.63, 3.8) is 0 Å². The molecule has 4 nitrogen and oxygen atoms in total. The second-order valence-electron chi connectivity index (χ2n) is 4.04. The van der Waals surface area contributed by atoms with Crippen LogP contribution >= 0.6 is 0 Å². The SMILES string of the molecule is CN(CCO)C(=O)[C@@H]1Cc2ccccc2N1. The monoisotopic (exact) mass is 220 g/mol. The van der Waals surface area contributed by atoms with E-state index < -0.39 is 0 Å². The van der Waals surface area contributed by atoms with Crippen LogP contribution in [0.15, 0.2) is 24.3 Å². The number of rotatable bonds is 3. The second kappa shape index (κ2) is 4.53. The Labute approximate surface area is 94.9 Å². The third kappa shape index (κ3) is 2.02. The van der Waals surface area contributed by atoms with Gasteiger partial charge in [-0.15, -0.1) is 0 Å². The number of anilines is 1. The van der Waals surface area contributed by atoms with Crippen molar-refractivity contribution in [2.45, 2.75) is 12.5 Å². The zero-order chi connectivity index (χ0) is 11.5. The minimum atomic E-state index is -0.186. The van der Waals surface area contributed by atoms with E-state index >= 15 is 0 Å². The van der Waals surface area contributed by atoms with E-state index in [1.807, 2.05) is 24.3 Å². The van der Waals surface area contributed by atoms with Gasteiger partial charge in [-0.05, 0) is 11.6 Å². The predicted octanol–water partition coefficient (Wildman–Crippen LogP) is 0.474. The Balaban J connectivity index is 2.03. The summed E-state index contributed by atoms with van der Waals surface area (Å²) in [5, 5.41) is 12.0. The molecule has 2 N–H and O–H groups in total. The molecule has 1 heterocycles. The number of carbonyl (C=O) groups is 1. The van der Waals surface area contributed by atoms with E-state index in [0.29, 0.717) is 6.54 Å². The van der Waals surface area contributed by atoms with Crippen molar-refractivity contribution in [1.82, 2.24) is 4.90 Å². The highest BCUT2D eigenvalue weighted by atomic mass is 16.3. The average molecular weight is 220 g/mol. The van der Waals surface area contributed by atoms with Crippen molar-refractivity contribution in [3.8, 4) is 0 Å². The quantitative estimate of drug-likeness (QED) is 0.778. The lowest BCUT2D eigenvalue weighted by atomic mass is 10.1. The van der Waals surface area contributed by atoms with Gasteiger partial charge in [0.15, 0.2) is 0 Å². The number of nitrogens with zero attached hydrogens (tertiary/aromatic N) is 1. The predicted molar refractivity (Wildman–Crippen MR) is 62.3 cm³/mol. The number of para-hydroxylation sites is 1. The summed E-state index contributed by atoms with van der Waals surface area (Å²) >= 11 is 0. The summed E-state index contributed by atoms with van der Waals surface area (Å²) in [5.74, 6) is 0.0326. The van der Waals surface area contributed by atoms with Crippen LogP contribution in [0, 0.1) is 0 Å². The molecular weight excluding hydrogens is 204 g/mol. The molecule has 1 aromatic carbocycles. The Morgan fingerprint density at radius 3 is 3.00 bits per heavy atom. The van der Waals surface area contributed by atoms with E-state index in [9.17, 15) is 4.79 Å². The van der Waals surface area contributed by atoms with E-state index in [1.165, 1.54) is 5.56 Å². The molecule has 0 spiro atoms. The molecule has 86 valence electrons. The normalized spacial score (nSPS) is 17.8. The Morgan fingerprint density at radius 1 is 1.56 bits per heavy atom. The number of carbonyl (C=O) groups excluding carboxylic acids is 1. The summed E-state index contributed by atoms with van der Waals surface area (Å²) in [6, 6.07) is 7.76.